The first-order valence-corrected chi connectivity index (χ1v) is 5.69. The first-order chi connectivity index (χ1) is 8.27. The van der Waals surface area contributed by atoms with Crippen LogP contribution in [0.2, 0.25) is 0 Å². The quantitative estimate of drug-likeness (QED) is 0.787. The summed E-state index contributed by atoms with van der Waals surface area (Å²) in [5.74, 6) is 0. The largest absolute Gasteiger partial charge is 0.453 e. The van der Waals surface area contributed by atoms with Gasteiger partial charge in [-0.3, -0.25) is 4.90 Å². The summed E-state index contributed by atoms with van der Waals surface area (Å²) in [5, 5.41) is 0. The summed E-state index contributed by atoms with van der Waals surface area (Å²) < 4.78 is 10.0. The Kier molecular flexibility index (Phi) is 3.64. The van der Waals surface area contributed by atoms with Crippen molar-refractivity contribution in [3.63, 3.8) is 0 Å². The van der Waals surface area contributed by atoms with E-state index in [-0.39, 0.29) is 12.1 Å². The Balaban J connectivity index is 2.32. The Hall–Kier alpha value is -1.55. The minimum absolute atomic E-state index is 0.0441. The second kappa shape index (κ2) is 5.19. The monoisotopic (exact) mass is 235 g/mol. The molecule has 92 valence electrons. The van der Waals surface area contributed by atoms with Crippen LogP contribution in [0.15, 0.2) is 24.3 Å². The van der Waals surface area contributed by atoms with E-state index in [0.29, 0.717) is 13.2 Å². The number of rotatable bonds is 2. The molecule has 4 nitrogen and oxygen atoms in total. The molecule has 0 aliphatic carbocycles. The summed E-state index contributed by atoms with van der Waals surface area (Å²) in [7, 11) is 3.05. The van der Waals surface area contributed by atoms with Gasteiger partial charge in [0.2, 0.25) is 0 Å². The fraction of sp³-hybridized carbons (Fsp3) is 0.462. The van der Waals surface area contributed by atoms with Crippen molar-refractivity contribution in [2.75, 3.05) is 27.4 Å². The van der Waals surface area contributed by atoms with Crippen molar-refractivity contribution in [1.82, 2.24) is 4.90 Å². The number of carbonyl (C=O) groups is 1. The van der Waals surface area contributed by atoms with Gasteiger partial charge >= 0.3 is 6.09 Å². The van der Waals surface area contributed by atoms with E-state index < -0.39 is 0 Å². The molecule has 17 heavy (non-hydrogen) atoms. The van der Waals surface area contributed by atoms with Gasteiger partial charge in [0.1, 0.15) is 0 Å². The maximum absolute atomic E-state index is 11.7. The van der Waals surface area contributed by atoms with E-state index in [4.69, 9.17) is 9.47 Å². The molecule has 0 spiro atoms. The maximum Gasteiger partial charge on any atom is 0.410 e. The molecule has 1 aliphatic rings. The molecule has 0 N–H and O–H groups in total. The van der Waals surface area contributed by atoms with Crippen molar-refractivity contribution in [3.05, 3.63) is 35.4 Å². The van der Waals surface area contributed by atoms with Crippen LogP contribution in [-0.4, -0.2) is 38.4 Å². The van der Waals surface area contributed by atoms with Crippen LogP contribution in [-0.2, 0) is 15.9 Å². The third kappa shape index (κ3) is 2.26. The van der Waals surface area contributed by atoms with Crippen LogP contribution in [0.5, 0.6) is 0 Å². The summed E-state index contributed by atoms with van der Waals surface area (Å²) >= 11 is 0. The van der Waals surface area contributed by atoms with Crippen LogP contribution in [0.1, 0.15) is 17.2 Å². The molecule has 0 saturated carbocycles. The van der Waals surface area contributed by atoms with Gasteiger partial charge in [0, 0.05) is 13.7 Å². The van der Waals surface area contributed by atoms with Crippen LogP contribution >= 0.6 is 0 Å². The van der Waals surface area contributed by atoms with E-state index in [0.717, 1.165) is 12.0 Å². The first kappa shape index (κ1) is 11.9. The molecule has 0 radical (unpaired) electrons. The average molecular weight is 235 g/mol. The third-order valence-electron chi connectivity index (χ3n) is 3.15. The van der Waals surface area contributed by atoms with Gasteiger partial charge in [-0.1, -0.05) is 24.3 Å². The highest BCUT2D eigenvalue weighted by atomic mass is 16.5. The zero-order chi connectivity index (χ0) is 12.3. The standard InChI is InChI=1S/C13H17NO3/c1-16-9-12-11-6-4-3-5-10(11)7-8-14(12)13(15)17-2/h3-6,12H,7-9H2,1-2H3. The van der Waals surface area contributed by atoms with Crippen LogP contribution in [0.4, 0.5) is 4.79 Å². The molecule has 1 aliphatic heterocycles. The molecule has 0 saturated heterocycles. The van der Waals surface area contributed by atoms with E-state index in [1.165, 1.54) is 12.7 Å². The molecule has 1 heterocycles. The average Bonchev–Trinajstić information content (AvgIpc) is 2.38. The molecule has 1 amide bonds. The predicted octanol–water partition coefficient (Wildman–Crippen LogP) is 2.00. The maximum atomic E-state index is 11.7. The Labute approximate surface area is 101 Å². The number of hydrogen-bond acceptors (Lipinski definition) is 3. The third-order valence-corrected chi connectivity index (χ3v) is 3.15. The Morgan fingerprint density at radius 1 is 1.41 bits per heavy atom. The summed E-state index contributed by atoms with van der Waals surface area (Å²) in [6.45, 7) is 1.17. The lowest BCUT2D eigenvalue weighted by Gasteiger charge is -2.35. The number of hydrogen-bond donors (Lipinski definition) is 0. The predicted molar refractivity (Wildman–Crippen MR) is 63.9 cm³/mol. The number of amides is 1. The lowest BCUT2D eigenvalue weighted by atomic mass is 9.93. The Morgan fingerprint density at radius 2 is 2.18 bits per heavy atom. The summed E-state index contributed by atoms with van der Waals surface area (Å²) in [5.41, 5.74) is 2.45. The molecule has 1 atom stereocenters. The summed E-state index contributed by atoms with van der Waals surface area (Å²) in [4.78, 5) is 13.4. The molecule has 2 rings (SSSR count). The molecule has 1 aromatic carbocycles. The van der Waals surface area contributed by atoms with Crippen molar-refractivity contribution < 1.29 is 14.3 Å². The van der Waals surface area contributed by atoms with Gasteiger partial charge in [0.05, 0.1) is 19.8 Å². The van der Waals surface area contributed by atoms with E-state index in [1.54, 1.807) is 12.0 Å². The normalized spacial score (nSPS) is 18.7. The number of fused-ring (bicyclic) bond motifs is 1. The molecule has 1 aromatic rings. The highest BCUT2D eigenvalue weighted by Crippen LogP contribution is 2.30. The smallest absolute Gasteiger partial charge is 0.410 e. The molecular weight excluding hydrogens is 218 g/mol. The lowest BCUT2D eigenvalue weighted by molar-refractivity contribution is 0.0643. The highest BCUT2D eigenvalue weighted by Gasteiger charge is 2.30. The number of methoxy groups -OCH3 is 2. The lowest BCUT2D eigenvalue weighted by Crippen LogP contribution is -2.41. The second-order valence-electron chi connectivity index (χ2n) is 4.08. The van der Waals surface area contributed by atoms with Crippen molar-refractivity contribution in [3.8, 4) is 0 Å². The van der Waals surface area contributed by atoms with E-state index in [1.807, 2.05) is 18.2 Å². The van der Waals surface area contributed by atoms with Gasteiger partial charge in [-0.25, -0.2) is 4.79 Å². The molecule has 0 aromatic heterocycles. The minimum atomic E-state index is -0.290. The first-order valence-electron chi connectivity index (χ1n) is 5.69. The number of nitrogens with zero attached hydrogens (tertiary/aromatic N) is 1. The van der Waals surface area contributed by atoms with Crippen LogP contribution in [0.25, 0.3) is 0 Å². The minimum Gasteiger partial charge on any atom is -0.453 e. The SMILES string of the molecule is COCC1c2ccccc2CCN1C(=O)OC. The van der Waals surface area contributed by atoms with E-state index >= 15 is 0 Å². The molecule has 0 bridgehead atoms. The van der Waals surface area contributed by atoms with E-state index in [9.17, 15) is 4.79 Å². The van der Waals surface area contributed by atoms with Gasteiger partial charge in [-0.05, 0) is 17.5 Å². The zero-order valence-corrected chi connectivity index (χ0v) is 10.2. The molecule has 0 fully saturated rings. The van der Waals surface area contributed by atoms with Crippen molar-refractivity contribution in [1.29, 1.82) is 0 Å². The van der Waals surface area contributed by atoms with Gasteiger partial charge in [-0.15, -0.1) is 0 Å². The topological polar surface area (TPSA) is 38.8 Å². The van der Waals surface area contributed by atoms with Crippen molar-refractivity contribution in [2.45, 2.75) is 12.5 Å². The van der Waals surface area contributed by atoms with Crippen LogP contribution < -0.4 is 0 Å². The van der Waals surface area contributed by atoms with Crippen molar-refractivity contribution in [2.24, 2.45) is 0 Å². The second-order valence-corrected chi connectivity index (χ2v) is 4.08. The number of carbonyl (C=O) groups excluding carboxylic acids is 1. The van der Waals surface area contributed by atoms with Gasteiger partial charge in [-0.2, -0.15) is 0 Å². The highest BCUT2D eigenvalue weighted by molar-refractivity contribution is 5.68. The van der Waals surface area contributed by atoms with Crippen LogP contribution in [0, 0.1) is 0 Å². The Morgan fingerprint density at radius 3 is 2.88 bits per heavy atom. The fourth-order valence-corrected chi connectivity index (χ4v) is 2.32. The summed E-state index contributed by atoms with van der Waals surface area (Å²) in [6, 6.07) is 8.12. The molecule has 1 unspecified atom stereocenters. The Bertz CT molecular complexity index is 405. The van der Waals surface area contributed by atoms with Crippen LogP contribution in [0.3, 0.4) is 0 Å². The number of benzene rings is 1. The summed E-state index contributed by atoms with van der Waals surface area (Å²) in [6.07, 6.45) is 0.576. The van der Waals surface area contributed by atoms with Crippen molar-refractivity contribution >= 4 is 6.09 Å². The molecule has 4 heteroatoms. The van der Waals surface area contributed by atoms with Gasteiger partial charge < -0.3 is 9.47 Å². The molecular formula is C13H17NO3. The van der Waals surface area contributed by atoms with Gasteiger partial charge in [0.15, 0.2) is 0 Å². The zero-order valence-electron chi connectivity index (χ0n) is 10.2. The number of ether oxygens (including phenoxy) is 2. The fourth-order valence-electron chi connectivity index (χ4n) is 2.32. The van der Waals surface area contributed by atoms with E-state index in [2.05, 4.69) is 6.07 Å². The van der Waals surface area contributed by atoms with Gasteiger partial charge in [0.25, 0.3) is 0 Å².